The topological polar surface area (TPSA) is 77.8 Å². The van der Waals surface area contributed by atoms with Crippen LogP contribution in [-0.2, 0) is 9.59 Å². The SMILES string of the molecule is O=C(O)C1CCN(CCF)CC1C(=O)O. The van der Waals surface area contributed by atoms with Crippen molar-refractivity contribution in [3.63, 3.8) is 0 Å². The second kappa shape index (κ2) is 5.06. The van der Waals surface area contributed by atoms with Crippen LogP contribution in [0.4, 0.5) is 4.39 Å². The van der Waals surface area contributed by atoms with Crippen molar-refractivity contribution in [2.45, 2.75) is 6.42 Å². The minimum absolute atomic E-state index is 0.121. The van der Waals surface area contributed by atoms with Crippen molar-refractivity contribution in [2.75, 3.05) is 26.3 Å². The third-order valence-electron chi connectivity index (χ3n) is 2.73. The molecule has 15 heavy (non-hydrogen) atoms. The molecule has 2 N–H and O–H groups in total. The van der Waals surface area contributed by atoms with E-state index in [1.807, 2.05) is 0 Å². The van der Waals surface area contributed by atoms with E-state index in [1.54, 1.807) is 4.90 Å². The van der Waals surface area contributed by atoms with Gasteiger partial charge in [0.25, 0.3) is 0 Å². The second-order valence-corrected chi connectivity index (χ2v) is 3.67. The van der Waals surface area contributed by atoms with Crippen molar-refractivity contribution >= 4 is 11.9 Å². The van der Waals surface area contributed by atoms with Gasteiger partial charge in [0, 0.05) is 13.1 Å². The van der Waals surface area contributed by atoms with E-state index in [0.717, 1.165) is 0 Å². The molecule has 0 aromatic rings. The monoisotopic (exact) mass is 219 g/mol. The zero-order valence-corrected chi connectivity index (χ0v) is 8.23. The molecule has 1 fully saturated rings. The zero-order valence-electron chi connectivity index (χ0n) is 8.23. The summed E-state index contributed by atoms with van der Waals surface area (Å²) in [5, 5.41) is 17.7. The lowest BCUT2D eigenvalue weighted by molar-refractivity contribution is -0.157. The molecule has 1 saturated heterocycles. The van der Waals surface area contributed by atoms with Gasteiger partial charge in [0.1, 0.15) is 6.67 Å². The van der Waals surface area contributed by atoms with Crippen molar-refractivity contribution in [3.05, 3.63) is 0 Å². The Morgan fingerprint density at radius 2 is 1.87 bits per heavy atom. The van der Waals surface area contributed by atoms with E-state index in [0.29, 0.717) is 6.54 Å². The highest BCUT2D eigenvalue weighted by atomic mass is 19.1. The molecule has 6 heteroatoms. The van der Waals surface area contributed by atoms with E-state index in [-0.39, 0.29) is 19.5 Å². The van der Waals surface area contributed by atoms with Crippen molar-refractivity contribution in [2.24, 2.45) is 11.8 Å². The summed E-state index contributed by atoms with van der Waals surface area (Å²) in [4.78, 5) is 23.3. The summed E-state index contributed by atoms with van der Waals surface area (Å²) in [5.41, 5.74) is 0. The summed E-state index contributed by atoms with van der Waals surface area (Å²) < 4.78 is 12.1. The van der Waals surface area contributed by atoms with Gasteiger partial charge in [-0.15, -0.1) is 0 Å². The average Bonchev–Trinajstić information content (AvgIpc) is 2.17. The minimum atomic E-state index is -1.12. The number of carboxylic acid groups (broad SMARTS) is 2. The fraction of sp³-hybridized carbons (Fsp3) is 0.778. The maximum Gasteiger partial charge on any atom is 0.308 e. The highest BCUT2D eigenvalue weighted by molar-refractivity contribution is 5.80. The van der Waals surface area contributed by atoms with Crippen molar-refractivity contribution in [3.8, 4) is 0 Å². The van der Waals surface area contributed by atoms with Crippen LogP contribution in [0.5, 0.6) is 0 Å². The molecule has 1 aliphatic heterocycles. The maximum absolute atomic E-state index is 12.1. The lowest BCUT2D eigenvalue weighted by Gasteiger charge is -2.33. The fourth-order valence-corrected chi connectivity index (χ4v) is 1.89. The Kier molecular flexibility index (Phi) is 4.02. The van der Waals surface area contributed by atoms with Crippen LogP contribution in [0.3, 0.4) is 0 Å². The standard InChI is InChI=1S/C9H14FNO4/c10-2-4-11-3-1-6(8(12)13)7(5-11)9(14)15/h6-7H,1-5H2,(H,12,13)(H,14,15). The highest BCUT2D eigenvalue weighted by Crippen LogP contribution is 2.24. The van der Waals surface area contributed by atoms with Crippen LogP contribution in [0, 0.1) is 11.8 Å². The normalized spacial score (nSPS) is 27.5. The van der Waals surface area contributed by atoms with Gasteiger partial charge < -0.3 is 10.2 Å². The molecule has 1 rings (SSSR count). The summed E-state index contributed by atoms with van der Waals surface area (Å²) in [7, 11) is 0. The van der Waals surface area contributed by atoms with Gasteiger partial charge in [0.15, 0.2) is 0 Å². The molecule has 1 aliphatic rings. The molecule has 0 spiro atoms. The number of carbonyl (C=O) groups is 2. The lowest BCUT2D eigenvalue weighted by Crippen LogP contribution is -2.47. The molecule has 0 saturated carbocycles. The van der Waals surface area contributed by atoms with Crippen LogP contribution in [0.25, 0.3) is 0 Å². The number of carboxylic acids is 2. The number of aliphatic carboxylic acids is 2. The predicted molar refractivity (Wildman–Crippen MR) is 49.3 cm³/mol. The number of alkyl halides is 1. The van der Waals surface area contributed by atoms with Gasteiger partial charge in [-0.1, -0.05) is 0 Å². The summed E-state index contributed by atoms with van der Waals surface area (Å²) >= 11 is 0. The van der Waals surface area contributed by atoms with Crippen molar-refractivity contribution in [1.82, 2.24) is 4.90 Å². The minimum Gasteiger partial charge on any atom is -0.481 e. The Bertz CT molecular complexity index is 258. The molecule has 0 radical (unpaired) electrons. The van der Waals surface area contributed by atoms with Gasteiger partial charge in [0.05, 0.1) is 11.8 Å². The molecule has 86 valence electrons. The van der Waals surface area contributed by atoms with E-state index in [2.05, 4.69) is 0 Å². The van der Waals surface area contributed by atoms with Crippen LogP contribution in [0.2, 0.25) is 0 Å². The van der Waals surface area contributed by atoms with Crippen LogP contribution < -0.4 is 0 Å². The molecule has 0 aromatic heterocycles. The Hall–Kier alpha value is -1.17. The maximum atomic E-state index is 12.1. The first-order valence-corrected chi connectivity index (χ1v) is 4.80. The Morgan fingerprint density at radius 1 is 1.27 bits per heavy atom. The van der Waals surface area contributed by atoms with E-state index in [1.165, 1.54) is 0 Å². The van der Waals surface area contributed by atoms with Crippen LogP contribution >= 0.6 is 0 Å². The lowest BCUT2D eigenvalue weighted by atomic mass is 9.85. The molecule has 0 bridgehead atoms. The first kappa shape index (κ1) is 11.9. The Labute approximate surface area is 86.5 Å². The average molecular weight is 219 g/mol. The van der Waals surface area contributed by atoms with Crippen molar-refractivity contribution in [1.29, 1.82) is 0 Å². The summed E-state index contributed by atoms with van der Waals surface area (Å²) in [6.07, 6.45) is 0.270. The van der Waals surface area contributed by atoms with E-state index in [9.17, 15) is 14.0 Å². The molecule has 5 nitrogen and oxygen atoms in total. The van der Waals surface area contributed by atoms with Gasteiger partial charge in [-0.3, -0.25) is 14.5 Å². The largest absolute Gasteiger partial charge is 0.481 e. The molecule has 0 aromatic carbocycles. The Morgan fingerprint density at radius 3 is 2.33 bits per heavy atom. The third-order valence-corrected chi connectivity index (χ3v) is 2.73. The first-order chi connectivity index (χ1) is 7.06. The quantitative estimate of drug-likeness (QED) is 0.699. The predicted octanol–water partition coefficient (Wildman–Crippen LogP) is 0.0632. The number of halogens is 1. The van der Waals surface area contributed by atoms with Gasteiger partial charge >= 0.3 is 11.9 Å². The van der Waals surface area contributed by atoms with Gasteiger partial charge in [-0.05, 0) is 13.0 Å². The molecule has 0 amide bonds. The van der Waals surface area contributed by atoms with Crippen molar-refractivity contribution < 1.29 is 24.2 Å². The van der Waals surface area contributed by atoms with Gasteiger partial charge in [-0.25, -0.2) is 4.39 Å². The van der Waals surface area contributed by atoms with Crippen LogP contribution in [0.1, 0.15) is 6.42 Å². The first-order valence-electron chi connectivity index (χ1n) is 4.80. The summed E-state index contributed by atoms with van der Waals surface area (Å²) in [5.74, 6) is -3.98. The highest BCUT2D eigenvalue weighted by Gasteiger charge is 2.38. The number of hydrogen-bond donors (Lipinski definition) is 2. The van der Waals surface area contributed by atoms with Gasteiger partial charge in [0.2, 0.25) is 0 Å². The number of piperidine rings is 1. The number of hydrogen-bond acceptors (Lipinski definition) is 3. The molecule has 2 atom stereocenters. The smallest absolute Gasteiger partial charge is 0.308 e. The second-order valence-electron chi connectivity index (χ2n) is 3.67. The molecule has 2 unspecified atom stereocenters. The van der Waals surface area contributed by atoms with Crippen LogP contribution in [0.15, 0.2) is 0 Å². The molecular formula is C9H14FNO4. The van der Waals surface area contributed by atoms with Gasteiger partial charge in [-0.2, -0.15) is 0 Å². The molecular weight excluding hydrogens is 205 g/mol. The summed E-state index contributed by atoms with van der Waals surface area (Å²) in [6.45, 7) is 0.209. The van der Waals surface area contributed by atoms with E-state index >= 15 is 0 Å². The third kappa shape index (κ3) is 2.89. The number of nitrogens with zero attached hydrogens (tertiary/aromatic N) is 1. The number of likely N-dealkylation sites (tertiary alicyclic amines) is 1. The van der Waals surface area contributed by atoms with E-state index in [4.69, 9.17) is 10.2 Å². The van der Waals surface area contributed by atoms with Crippen LogP contribution in [-0.4, -0.2) is 53.4 Å². The zero-order chi connectivity index (χ0) is 11.4. The fourth-order valence-electron chi connectivity index (χ4n) is 1.89. The molecule has 1 heterocycles. The summed E-state index contributed by atoms with van der Waals surface area (Å²) in [6, 6.07) is 0. The number of rotatable bonds is 4. The Balaban J connectivity index is 2.65. The molecule has 0 aliphatic carbocycles. The van der Waals surface area contributed by atoms with E-state index < -0.39 is 30.4 Å².